The van der Waals surface area contributed by atoms with E-state index in [1.807, 2.05) is 19.1 Å². The zero-order valence-electron chi connectivity index (χ0n) is 7.07. The molecule has 0 radical (unpaired) electrons. The van der Waals surface area contributed by atoms with Gasteiger partial charge in [0.1, 0.15) is 17.3 Å². The van der Waals surface area contributed by atoms with Crippen molar-refractivity contribution in [1.29, 1.82) is 0 Å². The molecule has 2 aromatic heterocycles. The summed E-state index contributed by atoms with van der Waals surface area (Å²) in [5.74, 6) is 2.11. The fourth-order valence-corrected chi connectivity index (χ4v) is 1.04. The van der Waals surface area contributed by atoms with Gasteiger partial charge in [0.15, 0.2) is 5.76 Å². The van der Waals surface area contributed by atoms with Crippen LogP contribution in [0.4, 0.5) is 5.82 Å². The van der Waals surface area contributed by atoms with Crippen molar-refractivity contribution in [2.75, 3.05) is 5.73 Å². The van der Waals surface area contributed by atoms with E-state index in [2.05, 4.69) is 10.2 Å². The molecule has 0 spiro atoms. The number of aromatic nitrogens is 2. The number of hydrogen-bond acceptors (Lipinski definition) is 3. The lowest BCUT2D eigenvalue weighted by Gasteiger charge is -1.87. The van der Waals surface area contributed by atoms with Gasteiger partial charge >= 0.3 is 0 Å². The van der Waals surface area contributed by atoms with Crippen LogP contribution in [0.15, 0.2) is 22.6 Å². The quantitative estimate of drug-likeness (QED) is 0.738. The van der Waals surface area contributed by atoms with Crippen LogP contribution in [-0.2, 0) is 0 Å². The lowest BCUT2D eigenvalue weighted by molar-refractivity contribution is 0.546. The predicted octanol–water partition coefficient (Wildman–Crippen LogP) is 1.98. The van der Waals surface area contributed by atoms with E-state index in [1.54, 1.807) is 6.07 Å². The molecule has 0 saturated carbocycles. The Labute approximate surface area is 81.5 Å². The molecule has 2 heterocycles. The van der Waals surface area contributed by atoms with Crippen LogP contribution in [0.1, 0.15) is 5.76 Å². The topological polar surface area (TPSA) is 67.8 Å². The standard InChI is InChI=1S/C8H9N3O.ClH/c1-5-2-3-7(12-5)6-4-8(9)11-10-6;/h2-4H,1H3,(H3,9,10,11);1H. The third kappa shape index (κ3) is 1.84. The molecular formula is C8H10ClN3O. The largest absolute Gasteiger partial charge is 0.460 e. The minimum Gasteiger partial charge on any atom is -0.460 e. The summed E-state index contributed by atoms with van der Waals surface area (Å²) in [6, 6.07) is 5.51. The van der Waals surface area contributed by atoms with Crippen molar-refractivity contribution < 1.29 is 4.42 Å². The van der Waals surface area contributed by atoms with Crippen LogP contribution in [0.2, 0.25) is 0 Å². The van der Waals surface area contributed by atoms with Gasteiger partial charge in [0.05, 0.1) is 0 Å². The van der Waals surface area contributed by atoms with Gasteiger partial charge in [-0.25, -0.2) is 0 Å². The first-order chi connectivity index (χ1) is 5.75. The molecule has 2 aromatic rings. The van der Waals surface area contributed by atoms with Gasteiger partial charge in [-0.2, -0.15) is 5.10 Å². The average molecular weight is 200 g/mol. The molecule has 0 aromatic carbocycles. The molecule has 3 N–H and O–H groups in total. The highest BCUT2D eigenvalue weighted by molar-refractivity contribution is 5.85. The molecule has 0 aliphatic carbocycles. The summed E-state index contributed by atoms with van der Waals surface area (Å²) in [5, 5.41) is 6.56. The Morgan fingerprint density at radius 2 is 2.23 bits per heavy atom. The highest BCUT2D eigenvalue weighted by Crippen LogP contribution is 2.20. The lowest BCUT2D eigenvalue weighted by atomic mass is 10.3. The van der Waals surface area contributed by atoms with Crippen LogP contribution in [0, 0.1) is 6.92 Å². The van der Waals surface area contributed by atoms with Crippen molar-refractivity contribution in [3.05, 3.63) is 24.0 Å². The number of nitrogens with one attached hydrogen (secondary N) is 1. The van der Waals surface area contributed by atoms with E-state index in [0.29, 0.717) is 5.82 Å². The number of furan rings is 1. The molecule has 0 aliphatic heterocycles. The average Bonchev–Trinajstić information content (AvgIpc) is 2.58. The third-order valence-corrected chi connectivity index (χ3v) is 1.60. The number of nitrogens with zero attached hydrogens (tertiary/aromatic N) is 1. The number of aromatic amines is 1. The summed E-state index contributed by atoms with van der Waals surface area (Å²) >= 11 is 0. The van der Waals surface area contributed by atoms with Gasteiger partial charge in [0.25, 0.3) is 0 Å². The summed E-state index contributed by atoms with van der Waals surface area (Å²) in [4.78, 5) is 0. The monoisotopic (exact) mass is 199 g/mol. The maximum absolute atomic E-state index is 5.44. The Hall–Kier alpha value is -1.42. The van der Waals surface area contributed by atoms with Gasteiger partial charge in [0.2, 0.25) is 0 Å². The van der Waals surface area contributed by atoms with E-state index in [4.69, 9.17) is 10.2 Å². The molecule has 0 amide bonds. The van der Waals surface area contributed by atoms with Gasteiger partial charge in [-0.05, 0) is 19.1 Å². The van der Waals surface area contributed by atoms with E-state index < -0.39 is 0 Å². The Morgan fingerprint density at radius 3 is 2.69 bits per heavy atom. The fraction of sp³-hybridized carbons (Fsp3) is 0.125. The molecule has 0 fully saturated rings. The number of nitrogen functional groups attached to an aromatic ring is 1. The second-order valence-corrected chi connectivity index (χ2v) is 2.62. The van der Waals surface area contributed by atoms with Crippen molar-refractivity contribution in [1.82, 2.24) is 10.2 Å². The molecule has 70 valence electrons. The maximum Gasteiger partial charge on any atom is 0.152 e. The molecule has 0 atom stereocenters. The summed E-state index contributed by atoms with van der Waals surface area (Å²) in [5.41, 5.74) is 6.24. The number of halogens is 1. The van der Waals surface area contributed by atoms with E-state index in [1.165, 1.54) is 0 Å². The molecule has 0 unspecified atom stereocenters. The predicted molar refractivity (Wildman–Crippen MR) is 52.7 cm³/mol. The van der Waals surface area contributed by atoms with E-state index in [0.717, 1.165) is 17.2 Å². The number of aryl methyl sites for hydroxylation is 1. The zero-order valence-corrected chi connectivity index (χ0v) is 7.89. The first-order valence-electron chi connectivity index (χ1n) is 3.63. The van der Waals surface area contributed by atoms with Gasteiger partial charge < -0.3 is 10.2 Å². The van der Waals surface area contributed by atoms with Crippen LogP contribution >= 0.6 is 12.4 Å². The van der Waals surface area contributed by atoms with Crippen molar-refractivity contribution in [2.45, 2.75) is 6.92 Å². The van der Waals surface area contributed by atoms with E-state index in [-0.39, 0.29) is 12.4 Å². The highest BCUT2D eigenvalue weighted by Gasteiger charge is 2.04. The van der Waals surface area contributed by atoms with Crippen LogP contribution in [0.3, 0.4) is 0 Å². The highest BCUT2D eigenvalue weighted by atomic mass is 35.5. The number of nitrogens with two attached hydrogens (primary N) is 1. The first kappa shape index (κ1) is 9.67. The zero-order chi connectivity index (χ0) is 8.55. The van der Waals surface area contributed by atoms with Gasteiger partial charge in [-0.15, -0.1) is 12.4 Å². The van der Waals surface area contributed by atoms with Crippen molar-refractivity contribution >= 4 is 18.2 Å². The molecule has 0 aliphatic rings. The Balaban J connectivity index is 0.000000845. The fourth-order valence-electron chi connectivity index (χ4n) is 1.04. The van der Waals surface area contributed by atoms with Crippen molar-refractivity contribution in [3.63, 3.8) is 0 Å². The van der Waals surface area contributed by atoms with Crippen LogP contribution in [0.5, 0.6) is 0 Å². The van der Waals surface area contributed by atoms with Crippen LogP contribution in [0.25, 0.3) is 11.5 Å². The lowest BCUT2D eigenvalue weighted by Crippen LogP contribution is -1.81. The van der Waals surface area contributed by atoms with E-state index in [9.17, 15) is 0 Å². The SMILES string of the molecule is Cc1ccc(-c2cc(N)n[nH]2)o1.Cl. The number of hydrogen-bond donors (Lipinski definition) is 2. The molecule has 2 rings (SSSR count). The second-order valence-electron chi connectivity index (χ2n) is 2.62. The minimum absolute atomic E-state index is 0. The number of anilines is 1. The second kappa shape index (κ2) is 3.53. The van der Waals surface area contributed by atoms with Gasteiger partial charge in [0, 0.05) is 6.07 Å². The Kier molecular flexibility index (Phi) is 2.63. The molecule has 13 heavy (non-hydrogen) atoms. The molecular weight excluding hydrogens is 190 g/mol. The van der Waals surface area contributed by atoms with E-state index >= 15 is 0 Å². The molecule has 5 heteroatoms. The van der Waals surface area contributed by atoms with Crippen LogP contribution in [-0.4, -0.2) is 10.2 Å². The summed E-state index contributed by atoms with van der Waals surface area (Å²) in [6.07, 6.45) is 0. The molecule has 0 saturated heterocycles. The maximum atomic E-state index is 5.44. The number of H-pyrrole nitrogens is 1. The number of rotatable bonds is 1. The van der Waals surface area contributed by atoms with Gasteiger partial charge in [-0.3, -0.25) is 5.10 Å². The Bertz CT molecular complexity index is 355. The van der Waals surface area contributed by atoms with Gasteiger partial charge in [-0.1, -0.05) is 0 Å². The summed E-state index contributed by atoms with van der Waals surface area (Å²) in [6.45, 7) is 1.89. The van der Waals surface area contributed by atoms with Crippen molar-refractivity contribution in [2.24, 2.45) is 0 Å². The summed E-state index contributed by atoms with van der Waals surface area (Å²) < 4.78 is 5.36. The smallest absolute Gasteiger partial charge is 0.152 e. The van der Waals surface area contributed by atoms with Crippen LogP contribution < -0.4 is 5.73 Å². The summed E-state index contributed by atoms with van der Waals surface area (Å²) in [7, 11) is 0. The van der Waals surface area contributed by atoms with Crippen molar-refractivity contribution in [3.8, 4) is 11.5 Å². The minimum atomic E-state index is 0. The molecule has 4 nitrogen and oxygen atoms in total. The molecule has 0 bridgehead atoms. The first-order valence-corrected chi connectivity index (χ1v) is 3.63. The Morgan fingerprint density at radius 1 is 1.46 bits per heavy atom. The third-order valence-electron chi connectivity index (χ3n) is 1.60. The normalized spacial score (nSPS) is 9.62.